The summed E-state index contributed by atoms with van der Waals surface area (Å²) in [6.45, 7) is 15.5. The standard InChI is InChI=1S/C26H41N5O/c1-8-10-16-31-23(12-11-15-26(5,6)9-2)29-30-25(31)22(27-7)18-24(32)28-21-14-13-19(3)17-20(21)4/h9,13-14,17,22,27H,2,8,10-12,15-16,18H2,1,3-7H3,(H,28,32)/t22-/m0/s1. The number of allylic oxidation sites excluding steroid dienone is 1. The van der Waals surface area contributed by atoms with Crippen LogP contribution in [-0.4, -0.2) is 27.7 Å². The Labute approximate surface area is 193 Å². The summed E-state index contributed by atoms with van der Waals surface area (Å²) in [5.41, 5.74) is 3.22. The number of nitrogens with one attached hydrogen (secondary N) is 2. The van der Waals surface area contributed by atoms with E-state index in [1.165, 1.54) is 5.56 Å². The molecular formula is C26H41N5O. The molecule has 0 fully saturated rings. The second kappa shape index (κ2) is 12.0. The molecule has 6 heteroatoms. The Balaban J connectivity index is 2.14. The zero-order valence-electron chi connectivity index (χ0n) is 20.8. The van der Waals surface area contributed by atoms with Crippen molar-refractivity contribution >= 4 is 11.6 Å². The van der Waals surface area contributed by atoms with Crippen molar-refractivity contribution in [1.29, 1.82) is 0 Å². The van der Waals surface area contributed by atoms with Crippen LogP contribution in [0.5, 0.6) is 0 Å². The van der Waals surface area contributed by atoms with Gasteiger partial charge in [-0.3, -0.25) is 4.79 Å². The first-order valence-corrected chi connectivity index (χ1v) is 11.8. The summed E-state index contributed by atoms with van der Waals surface area (Å²) in [6, 6.07) is 5.86. The van der Waals surface area contributed by atoms with Crippen molar-refractivity contribution in [2.45, 2.75) is 85.7 Å². The fourth-order valence-corrected chi connectivity index (χ4v) is 3.82. The van der Waals surface area contributed by atoms with Crippen LogP contribution >= 0.6 is 0 Å². The average molecular weight is 440 g/mol. The zero-order chi connectivity index (χ0) is 23.7. The lowest BCUT2D eigenvalue weighted by atomic mass is 9.87. The molecule has 0 saturated heterocycles. The third kappa shape index (κ3) is 7.30. The minimum Gasteiger partial charge on any atom is -0.326 e. The minimum atomic E-state index is -0.191. The minimum absolute atomic E-state index is 0.0318. The third-order valence-corrected chi connectivity index (χ3v) is 6.07. The molecule has 0 radical (unpaired) electrons. The van der Waals surface area contributed by atoms with Gasteiger partial charge < -0.3 is 15.2 Å². The van der Waals surface area contributed by atoms with Gasteiger partial charge in [-0.2, -0.15) is 0 Å². The molecule has 1 atom stereocenters. The summed E-state index contributed by atoms with van der Waals surface area (Å²) >= 11 is 0. The van der Waals surface area contributed by atoms with Crippen molar-refractivity contribution < 1.29 is 4.79 Å². The monoisotopic (exact) mass is 439 g/mol. The maximum absolute atomic E-state index is 12.8. The number of carbonyl (C=O) groups is 1. The van der Waals surface area contributed by atoms with E-state index in [0.717, 1.165) is 61.5 Å². The van der Waals surface area contributed by atoms with Crippen LogP contribution in [0.4, 0.5) is 5.69 Å². The molecule has 0 spiro atoms. The van der Waals surface area contributed by atoms with Crippen molar-refractivity contribution in [3.63, 3.8) is 0 Å². The van der Waals surface area contributed by atoms with Gasteiger partial charge in [-0.1, -0.05) is 51.0 Å². The number of rotatable bonds is 13. The summed E-state index contributed by atoms with van der Waals surface area (Å²) in [6.07, 6.45) is 7.43. The van der Waals surface area contributed by atoms with E-state index in [2.05, 4.69) is 65.7 Å². The molecule has 2 N–H and O–H groups in total. The molecule has 2 aromatic rings. The van der Waals surface area contributed by atoms with E-state index in [-0.39, 0.29) is 17.4 Å². The number of aromatic nitrogens is 3. The molecule has 1 aromatic heterocycles. The van der Waals surface area contributed by atoms with Gasteiger partial charge in [0, 0.05) is 25.1 Å². The van der Waals surface area contributed by atoms with Crippen LogP contribution < -0.4 is 10.6 Å². The van der Waals surface area contributed by atoms with Gasteiger partial charge in [0.15, 0.2) is 5.82 Å². The smallest absolute Gasteiger partial charge is 0.226 e. The fraction of sp³-hybridized carbons (Fsp3) is 0.577. The first-order chi connectivity index (χ1) is 15.2. The Kier molecular flexibility index (Phi) is 9.63. The van der Waals surface area contributed by atoms with Crippen molar-refractivity contribution in [1.82, 2.24) is 20.1 Å². The van der Waals surface area contributed by atoms with Crippen molar-refractivity contribution in [2.75, 3.05) is 12.4 Å². The number of unbranched alkanes of at least 4 members (excludes halogenated alkanes) is 1. The van der Waals surface area contributed by atoms with Crippen molar-refractivity contribution in [2.24, 2.45) is 5.41 Å². The summed E-state index contributed by atoms with van der Waals surface area (Å²) in [5, 5.41) is 15.4. The molecule has 0 aliphatic heterocycles. The van der Waals surface area contributed by atoms with Gasteiger partial charge >= 0.3 is 0 Å². The van der Waals surface area contributed by atoms with Crippen LogP contribution in [0.25, 0.3) is 0 Å². The maximum Gasteiger partial charge on any atom is 0.226 e. The largest absolute Gasteiger partial charge is 0.326 e. The maximum atomic E-state index is 12.8. The second-order valence-electron chi connectivity index (χ2n) is 9.44. The van der Waals surface area contributed by atoms with E-state index in [1.807, 2.05) is 32.2 Å². The molecule has 6 nitrogen and oxygen atoms in total. The van der Waals surface area contributed by atoms with Crippen LogP contribution in [0.2, 0.25) is 0 Å². The molecule has 176 valence electrons. The number of hydrogen-bond acceptors (Lipinski definition) is 4. The molecule has 32 heavy (non-hydrogen) atoms. The molecule has 1 heterocycles. The van der Waals surface area contributed by atoms with Crippen LogP contribution in [0.15, 0.2) is 30.9 Å². The number of hydrogen-bond donors (Lipinski definition) is 2. The average Bonchev–Trinajstić information content (AvgIpc) is 3.14. The summed E-state index contributed by atoms with van der Waals surface area (Å²) in [5.74, 6) is 1.81. The molecular weight excluding hydrogens is 398 g/mol. The lowest BCUT2D eigenvalue weighted by Crippen LogP contribution is -2.27. The number of nitrogens with zero attached hydrogens (tertiary/aromatic N) is 3. The summed E-state index contributed by atoms with van der Waals surface area (Å²) in [4.78, 5) is 12.8. The van der Waals surface area contributed by atoms with E-state index in [4.69, 9.17) is 0 Å². The van der Waals surface area contributed by atoms with Crippen LogP contribution in [0, 0.1) is 19.3 Å². The quantitative estimate of drug-likeness (QED) is 0.403. The predicted octanol–water partition coefficient (Wildman–Crippen LogP) is 5.52. The number of aryl methyl sites for hydroxylation is 3. The SMILES string of the molecule is C=CC(C)(C)CCCc1nnc([C@H](CC(=O)Nc2ccc(C)cc2C)NC)n1CCCC. The molecule has 1 amide bonds. The van der Waals surface area contributed by atoms with E-state index in [0.29, 0.717) is 6.42 Å². The summed E-state index contributed by atoms with van der Waals surface area (Å²) < 4.78 is 2.22. The molecule has 0 aliphatic carbocycles. The third-order valence-electron chi connectivity index (χ3n) is 6.07. The van der Waals surface area contributed by atoms with E-state index < -0.39 is 0 Å². The molecule has 2 rings (SSSR count). The second-order valence-corrected chi connectivity index (χ2v) is 9.44. The highest BCUT2D eigenvalue weighted by molar-refractivity contribution is 5.91. The van der Waals surface area contributed by atoms with Crippen LogP contribution in [0.3, 0.4) is 0 Å². The fourth-order valence-electron chi connectivity index (χ4n) is 3.82. The molecule has 0 unspecified atom stereocenters. The van der Waals surface area contributed by atoms with Gasteiger partial charge in [0.2, 0.25) is 5.91 Å². The zero-order valence-corrected chi connectivity index (χ0v) is 20.8. The van der Waals surface area contributed by atoms with E-state index >= 15 is 0 Å². The highest BCUT2D eigenvalue weighted by Gasteiger charge is 2.23. The van der Waals surface area contributed by atoms with Crippen LogP contribution in [-0.2, 0) is 17.8 Å². The van der Waals surface area contributed by atoms with Crippen molar-refractivity contribution in [3.05, 3.63) is 53.6 Å². The van der Waals surface area contributed by atoms with Gasteiger partial charge in [-0.05, 0) is 57.2 Å². The topological polar surface area (TPSA) is 71.8 Å². The van der Waals surface area contributed by atoms with Gasteiger partial charge in [0.25, 0.3) is 0 Å². The number of anilines is 1. The molecule has 0 bridgehead atoms. The predicted molar refractivity (Wildman–Crippen MR) is 133 cm³/mol. The number of benzene rings is 1. The molecule has 0 aliphatic rings. The molecule has 0 saturated carbocycles. The Morgan fingerprint density at radius 2 is 2.00 bits per heavy atom. The van der Waals surface area contributed by atoms with Gasteiger partial charge in [-0.15, -0.1) is 16.8 Å². The Morgan fingerprint density at radius 3 is 2.62 bits per heavy atom. The van der Waals surface area contributed by atoms with Gasteiger partial charge in [0.1, 0.15) is 5.82 Å². The van der Waals surface area contributed by atoms with Crippen molar-refractivity contribution in [3.8, 4) is 0 Å². The van der Waals surface area contributed by atoms with E-state index in [9.17, 15) is 4.79 Å². The highest BCUT2D eigenvalue weighted by atomic mass is 16.1. The lowest BCUT2D eigenvalue weighted by Gasteiger charge is -2.20. The Bertz CT molecular complexity index is 900. The van der Waals surface area contributed by atoms with Gasteiger partial charge in [0.05, 0.1) is 6.04 Å². The molecule has 1 aromatic carbocycles. The van der Waals surface area contributed by atoms with E-state index in [1.54, 1.807) is 0 Å². The van der Waals surface area contributed by atoms with Crippen LogP contribution in [0.1, 0.15) is 81.7 Å². The van der Waals surface area contributed by atoms with Gasteiger partial charge in [-0.25, -0.2) is 0 Å². The first kappa shape index (κ1) is 25.8. The highest BCUT2D eigenvalue weighted by Crippen LogP contribution is 2.25. The summed E-state index contributed by atoms with van der Waals surface area (Å²) in [7, 11) is 1.88. The lowest BCUT2D eigenvalue weighted by molar-refractivity contribution is -0.116. The first-order valence-electron chi connectivity index (χ1n) is 11.8. The number of amides is 1. The Morgan fingerprint density at radius 1 is 1.25 bits per heavy atom. The normalized spacial score (nSPS) is 12.6. The Hall–Kier alpha value is -2.47. The number of carbonyl (C=O) groups excluding carboxylic acids is 1.